The van der Waals surface area contributed by atoms with Crippen LogP contribution in [0.5, 0.6) is 0 Å². The number of carboxylic acids is 1. The molecule has 0 saturated heterocycles. The lowest BCUT2D eigenvalue weighted by Crippen LogP contribution is -2.30. The van der Waals surface area contributed by atoms with Gasteiger partial charge in [-0.15, -0.1) is 0 Å². The molecule has 1 rings (SSSR count). The summed E-state index contributed by atoms with van der Waals surface area (Å²) >= 11 is 1.16. The lowest BCUT2D eigenvalue weighted by atomic mass is 10.1. The molecule has 1 aromatic heterocycles. The summed E-state index contributed by atoms with van der Waals surface area (Å²) < 4.78 is 5.12. The molecule has 1 heterocycles. The van der Waals surface area contributed by atoms with Crippen molar-refractivity contribution in [2.45, 2.75) is 26.8 Å². The first-order chi connectivity index (χ1) is 7.95. The number of nitrogens with zero attached hydrogens (tertiary/aromatic N) is 1. The molecule has 0 bridgehead atoms. The van der Waals surface area contributed by atoms with E-state index in [2.05, 4.69) is 24.1 Å². The molecule has 1 atom stereocenters. The highest BCUT2D eigenvalue weighted by molar-refractivity contribution is 7.17. The Labute approximate surface area is 105 Å². The minimum Gasteiger partial charge on any atom is -0.477 e. The summed E-state index contributed by atoms with van der Waals surface area (Å²) in [6.07, 6.45) is 0. The van der Waals surface area contributed by atoms with Crippen molar-refractivity contribution in [3.63, 3.8) is 0 Å². The predicted octanol–water partition coefficient (Wildman–Crippen LogP) is 2.23. The topological polar surface area (TPSA) is 71.5 Å². The number of ether oxygens (including phenoxy) is 1. The number of hydrogen-bond acceptors (Lipinski definition) is 5. The van der Waals surface area contributed by atoms with Crippen LogP contribution in [0.15, 0.2) is 0 Å². The zero-order valence-corrected chi connectivity index (χ0v) is 11.3. The lowest BCUT2D eigenvalue weighted by Gasteiger charge is -2.20. The highest BCUT2D eigenvalue weighted by atomic mass is 32.1. The van der Waals surface area contributed by atoms with Crippen LogP contribution in [-0.4, -0.2) is 35.8 Å². The van der Waals surface area contributed by atoms with Crippen LogP contribution in [0.2, 0.25) is 0 Å². The van der Waals surface area contributed by atoms with Gasteiger partial charge in [0.15, 0.2) is 5.13 Å². The molecule has 0 radical (unpaired) electrons. The second kappa shape index (κ2) is 5.97. The SMILES string of the molecule is COCC(Nc1nc(C)c(C(=O)O)s1)C(C)C. The van der Waals surface area contributed by atoms with E-state index in [0.29, 0.717) is 23.4 Å². The molecule has 96 valence electrons. The molecule has 0 aliphatic heterocycles. The van der Waals surface area contributed by atoms with Crippen LogP contribution in [0.3, 0.4) is 0 Å². The fourth-order valence-corrected chi connectivity index (χ4v) is 2.26. The second-order valence-corrected chi connectivity index (χ2v) is 5.19. The molecule has 0 amide bonds. The first-order valence-corrected chi connectivity index (χ1v) is 6.23. The molecule has 0 spiro atoms. The third-order valence-corrected chi connectivity index (χ3v) is 3.53. The highest BCUT2D eigenvalue weighted by Gasteiger charge is 2.18. The molecule has 1 unspecified atom stereocenters. The van der Waals surface area contributed by atoms with E-state index in [1.807, 2.05) is 0 Å². The summed E-state index contributed by atoms with van der Waals surface area (Å²) in [5.74, 6) is -0.548. The first-order valence-electron chi connectivity index (χ1n) is 5.42. The maximum absolute atomic E-state index is 10.9. The van der Waals surface area contributed by atoms with Gasteiger partial charge in [-0.1, -0.05) is 25.2 Å². The third-order valence-electron chi connectivity index (χ3n) is 2.45. The zero-order chi connectivity index (χ0) is 13.0. The summed E-state index contributed by atoms with van der Waals surface area (Å²) in [4.78, 5) is 15.4. The van der Waals surface area contributed by atoms with Crippen LogP contribution < -0.4 is 5.32 Å². The molecule has 0 saturated carbocycles. The number of carboxylic acid groups (broad SMARTS) is 1. The minimum atomic E-state index is -0.930. The van der Waals surface area contributed by atoms with Gasteiger partial charge in [-0.05, 0) is 12.8 Å². The van der Waals surface area contributed by atoms with Gasteiger partial charge in [-0.3, -0.25) is 0 Å². The van der Waals surface area contributed by atoms with Gasteiger partial charge in [0.05, 0.1) is 18.3 Å². The highest BCUT2D eigenvalue weighted by Crippen LogP contribution is 2.24. The number of aryl methyl sites for hydroxylation is 1. The van der Waals surface area contributed by atoms with Gasteiger partial charge in [-0.2, -0.15) is 0 Å². The molecule has 0 aliphatic carbocycles. The van der Waals surface area contributed by atoms with Gasteiger partial charge in [0, 0.05) is 7.11 Å². The fraction of sp³-hybridized carbons (Fsp3) is 0.636. The Balaban J connectivity index is 2.79. The number of carbonyl (C=O) groups is 1. The summed E-state index contributed by atoms with van der Waals surface area (Å²) in [6, 6.07) is 0.132. The van der Waals surface area contributed by atoms with Crippen LogP contribution in [0, 0.1) is 12.8 Å². The molecule has 0 aromatic carbocycles. The fourth-order valence-electron chi connectivity index (χ4n) is 1.40. The number of aromatic nitrogens is 1. The smallest absolute Gasteiger partial charge is 0.347 e. The van der Waals surface area contributed by atoms with Gasteiger partial charge in [0.25, 0.3) is 0 Å². The maximum atomic E-state index is 10.9. The van der Waals surface area contributed by atoms with Crippen LogP contribution in [-0.2, 0) is 4.74 Å². The number of hydrogen-bond donors (Lipinski definition) is 2. The second-order valence-electron chi connectivity index (χ2n) is 4.19. The van der Waals surface area contributed by atoms with Crippen molar-refractivity contribution in [3.8, 4) is 0 Å². The predicted molar refractivity (Wildman–Crippen MR) is 67.9 cm³/mol. The lowest BCUT2D eigenvalue weighted by molar-refractivity contribution is 0.0701. The van der Waals surface area contributed by atoms with Gasteiger partial charge in [-0.25, -0.2) is 9.78 Å². The molecule has 1 aromatic rings. The van der Waals surface area contributed by atoms with Crippen LogP contribution >= 0.6 is 11.3 Å². The van der Waals surface area contributed by atoms with E-state index in [-0.39, 0.29) is 10.9 Å². The number of methoxy groups -OCH3 is 1. The van der Waals surface area contributed by atoms with Crippen molar-refractivity contribution >= 4 is 22.4 Å². The summed E-state index contributed by atoms with van der Waals surface area (Å²) in [5.41, 5.74) is 0.546. The average molecular weight is 258 g/mol. The Morgan fingerprint density at radius 2 is 2.24 bits per heavy atom. The maximum Gasteiger partial charge on any atom is 0.347 e. The monoisotopic (exact) mass is 258 g/mol. The first kappa shape index (κ1) is 13.9. The largest absolute Gasteiger partial charge is 0.477 e. The van der Waals surface area contributed by atoms with Crippen LogP contribution in [0.4, 0.5) is 5.13 Å². The number of aromatic carboxylic acids is 1. The molecule has 6 heteroatoms. The van der Waals surface area contributed by atoms with Gasteiger partial charge in [0.1, 0.15) is 4.88 Å². The Morgan fingerprint density at radius 1 is 1.59 bits per heavy atom. The number of thiazole rings is 1. The van der Waals surface area contributed by atoms with Crippen molar-refractivity contribution in [2.75, 3.05) is 19.0 Å². The van der Waals surface area contributed by atoms with E-state index < -0.39 is 5.97 Å². The van der Waals surface area contributed by atoms with Gasteiger partial charge >= 0.3 is 5.97 Å². The number of anilines is 1. The normalized spacial score (nSPS) is 12.8. The van der Waals surface area contributed by atoms with E-state index in [9.17, 15) is 4.79 Å². The molecular weight excluding hydrogens is 240 g/mol. The summed E-state index contributed by atoms with van der Waals surface area (Å²) in [7, 11) is 1.65. The third kappa shape index (κ3) is 3.67. The van der Waals surface area contributed by atoms with Gasteiger partial charge < -0.3 is 15.2 Å². The molecule has 17 heavy (non-hydrogen) atoms. The quantitative estimate of drug-likeness (QED) is 0.818. The van der Waals surface area contributed by atoms with Crippen LogP contribution in [0.25, 0.3) is 0 Å². The Kier molecular flexibility index (Phi) is 4.89. The molecular formula is C11H18N2O3S. The standard InChI is InChI=1S/C11H18N2O3S/c1-6(2)8(5-16-4)13-11-12-7(3)9(17-11)10(14)15/h6,8H,5H2,1-4H3,(H,12,13)(H,14,15). The molecule has 2 N–H and O–H groups in total. The zero-order valence-electron chi connectivity index (χ0n) is 10.5. The van der Waals surface area contributed by atoms with E-state index in [4.69, 9.17) is 9.84 Å². The minimum absolute atomic E-state index is 0.132. The Hall–Kier alpha value is -1.14. The van der Waals surface area contributed by atoms with Gasteiger partial charge in [0.2, 0.25) is 0 Å². The average Bonchev–Trinajstić information content (AvgIpc) is 2.59. The van der Waals surface area contributed by atoms with Crippen molar-refractivity contribution in [2.24, 2.45) is 5.92 Å². The van der Waals surface area contributed by atoms with E-state index in [1.54, 1.807) is 14.0 Å². The van der Waals surface area contributed by atoms with Crippen molar-refractivity contribution in [1.29, 1.82) is 0 Å². The van der Waals surface area contributed by atoms with E-state index in [1.165, 1.54) is 0 Å². The molecule has 0 aliphatic rings. The summed E-state index contributed by atoms with van der Waals surface area (Å²) in [5, 5.41) is 12.8. The van der Waals surface area contributed by atoms with Crippen molar-refractivity contribution in [3.05, 3.63) is 10.6 Å². The number of nitrogens with one attached hydrogen (secondary N) is 1. The molecule has 5 nitrogen and oxygen atoms in total. The Bertz CT molecular complexity index is 390. The number of rotatable bonds is 6. The molecule has 0 fully saturated rings. The summed E-state index contributed by atoms with van der Waals surface area (Å²) in [6.45, 7) is 6.43. The Morgan fingerprint density at radius 3 is 2.65 bits per heavy atom. The van der Waals surface area contributed by atoms with Crippen LogP contribution in [0.1, 0.15) is 29.2 Å². The van der Waals surface area contributed by atoms with Crippen molar-refractivity contribution in [1.82, 2.24) is 4.98 Å². The van der Waals surface area contributed by atoms with E-state index >= 15 is 0 Å². The van der Waals surface area contributed by atoms with Crippen molar-refractivity contribution < 1.29 is 14.6 Å². The van der Waals surface area contributed by atoms with E-state index in [0.717, 1.165) is 11.3 Å².